The smallest absolute Gasteiger partial charge is 0.368 e. The van der Waals surface area contributed by atoms with Gasteiger partial charge in [0.1, 0.15) is 48.6 Å². The van der Waals surface area contributed by atoms with Gasteiger partial charge in [-0.1, -0.05) is 108 Å². The predicted octanol–water partition coefficient (Wildman–Crippen LogP) is 13.2. The molecule has 3 heterocycles. The number of aromatic nitrogens is 12. The van der Waals surface area contributed by atoms with Gasteiger partial charge in [0, 0.05) is 54.5 Å². The van der Waals surface area contributed by atoms with Crippen LogP contribution < -0.4 is 36.0 Å². The number of rotatable bonds is 16. The quantitative estimate of drug-likeness (QED) is 0.0887. The minimum Gasteiger partial charge on any atom is -0.496 e. The van der Waals surface area contributed by atoms with Crippen LogP contribution in [0.5, 0.6) is 23.0 Å². The van der Waals surface area contributed by atoms with Gasteiger partial charge >= 0.3 is 17.1 Å². The van der Waals surface area contributed by atoms with Crippen LogP contribution in [-0.2, 0) is 41.0 Å². The summed E-state index contributed by atoms with van der Waals surface area (Å²) in [6.07, 6.45) is 0. The molecule has 0 saturated heterocycles. The lowest BCUT2D eigenvalue weighted by Crippen LogP contribution is -2.23. The number of benzene rings is 9. The molecule has 0 saturated carbocycles. The SMILES string of the molecule is COc1cc(F)c(C)cc1-c1cc(C)c(OCc2c(C)cccc2-n2nnn(C)c2=O)cc1C.Cc1cc(-c2ccccc2)ccc1OCc1c(Cl)cccc1-n1nnn(C)c1=O.Cc1cccc(-c2cc(C)c(OCc3c(C)cccc3-n3nnn(C)c3=O)cc2C)c1. The molecule has 0 amide bonds. The maximum Gasteiger partial charge on any atom is 0.368 e. The summed E-state index contributed by atoms with van der Waals surface area (Å²) in [5, 5.41) is 23.8. The van der Waals surface area contributed by atoms with Crippen LogP contribution in [0.2, 0.25) is 5.02 Å². The van der Waals surface area contributed by atoms with E-state index in [1.807, 2.05) is 113 Å². The van der Waals surface area contributed by atoms with E-state index >= 15 is 0 Å². The van der Waals surface area contributed by atoms with Crippen molar-refractivity contribution in [2.24, 2.45) is 21.1 Å². The van der Waals surface area contributed by atoms with Crippen LogP contribution in [0.25, 0.3) is 50.4 Å². The zero-order valence-corrected chi connectivity index (χ0v) is 55.4. The summed E-state index contributed by atoms with van der Waals surface area (Å²) in [5.74, 6) is 2.49. The van der Waals surface area contributed by atoms with Gasteiger partial charge in [-0.15, -0.1) is 0 Å². The van der Waals surface area contributed by atoms with Crippen molar-refractivity contribution in [2.45, 2.75) is 82.1 Å². The number of tetrazole rings is 3. The molecule has 12 aromatic rings. The fraction of sp³-hybridized carbons (Fsp3) is 0.219. The average Bonchev–Trinajstić information content (AvgIpc) is 1.06. The van der Waals surface area contributed by atoms with E-state index in [9.17, 15) is 18.8 Å². The van der Waals surface area contributed by atoms with Crippen molar-refractivity contribution in [2.75, 3.05) is 7.11 Å². The standard InChI is InChI=1S/C26H27FN4O3.C25H26N4O2.C22H19ClN4O2/c1-15-8-7-9-23(31-26(32)30(5)28-29-31)21(15)14-34-24-12-16(2)19(11-18(24)4)20-10-17(3)22(27)13-25(20)33-6;1-16-8-6-10-20(12-16)21-13-19(4)24(14-18(21)3)31-15-22-17(2)9-7-11-23(22)29-25(30)28(5)26-27-29;1-15-13-17(16-7-4-3-5-8-16)11-12-21(15)29-14-18-19(23)9-6-10-20(18)27-22(28)26(2)24-25-27/h7-13H,14H2,1-6H3;6-14H,15H2,1-5H3;3-13H,14H2,1-2H3. The highest BCUT2D eigenvalue weighted by Gasteiger charge is 2.20. The number of hydrogen-bond donors (Lipinski definition) is 0. The average molecular weight is 1280 g/mol. The first kappa shape index (κ1) is 65.9. The summed E-state index contributed by atoms with van der Waals surface area (Å²) in [5.41, 5.74) is 18.7. The van der Waals surface area contributed by atoms with Crippen LogP contribution in [0.1, 0.15) is 66.8 Å². The first-order valence-corrected chi connectivity index (χ1v) is 30.6. The Hall–Kier alpha value is -11.0. The van der Waals surface area contributed by atoms with E-state index in [0.29, 0.717) is 45.6 Å². The first-order valence-electron chi connectivity index (χ1n) is 30.2. The molecule has 0 aliphatic heterocycles. The highest BCUT2D eigenvalue weighted by molar-refractivity contribution is 6.31. The molecule has 12 rings (SSSR count). The Kier molecular flexibility index (Phi) is 20.1. The van der Waals surface area contributed by atoms with Gasteiger partial charge in [-0.25, -0.2) is 18.8 Å². The fourth-order valence-corrected chi connectivity index (χ4v) is 11.1. The summed E-state index contributed by atoms with van der Waals surface area (Å²) in [7, 11) is 6.22. The molecule has 94 heavy (non-hydrogen) atoms. The molecular weight excluding hydrogens is 1210 g/mol. The number of halogens is 2. The van der Waals surface area contributed by atoms with E-state index in [4.69, 9.17) is 30.5 Å². The first-order chi connectivity index (χ1) is 45.1. The number of methoxy groups -OCH3 is 1. The van der Waals surface area contributed by atoms with Crippen LogP contribution >= 0.6 is 11.6 Å². The third-order valence-corrected chi connectivity index (χ3v) is 16.6. The molecule has 0 aliphatic carbocycles. The highest BCUT2D eigenvalue weighted by Crippen LogP contribution is 2.38. The molecule has 0 unspecified atom stereocenters. The molecule has 0 radical (unpaired) electrons. The van der Waals surface area contributed by atoms with Crippen molar-refractivity contribution < 1.29 is 23.3 Å². The minimum absolute atomic E-state index is 0.198. The van der Waals surface area contributed by atoms with E-state index in [-0.39, 0.29) is 36.1 Å². The Morgan fingerprint density at radius 1 is 0.372 bits per heavy atom. The molecule has 0 atom stereocenters. The zero-order valence-electron chi connectivity index (χ0n) is 54.7. The lowest BCUT2D eigenvalue weighted by atomic mass is 9.95. The van der Waals surface area contributed by atoms with Gasteiger partial charge in [-0.3, -0.25) is 0 Å². The third kappa shape index (κ3) is 14.4. The van der Waals surface area contributed by atoms with Crippen molar-refractivity contribution in [3.63, 3.8) is 0 Å². The second-order valence-corrected chi connectivity index (χ2v) is 23.4. The summed E-state index contributed by atoms with van der Waals surface area (Å²) in [6, 6.07) is 52.9. The van der Waals surface area contributed by atoms with E-state index in [0.717, 1.165) is 94.3 Å². The van der Waals surface area contributed by atoms with Gasteiger partial charge in [0.15, 0.2) is 0 Å². The highest BCUT2D eigenvalue weighted by atomic mass is 35.5. The Balaban J connectivity index is 0.000000154. The Morgan fingerprint density at radius 2 is 0.819 bits per heavy atom. The second-order valence-electron chi connectivity index (χ2n) is 23.0. The Bertz CT molecular complexity index is 4950. The number of hydrogen-bond acceptors (Lipinski definition) is 13. The van der Waals surface area contributed by atoms with Gasteiger partial charge in [0.05, 0.1) is 24.2 Å². The van der Waals surface area contributed by atoms with Crippen LogP contribution in [0, 0.1) is 68.1 Å². The van der Waals surface area contributed by atoms with Gasteiger partial charge in [-0.2, -0.15) is 28.1 Å². The fourth-order valence-electron chi connectivity index (χ4n) is 10.8. The van der Waals surface area contributed by atoms with E-state index in [2.05, 4.69) is 107 Å². The molecule has 0 spiro atoms. The van der Waals surface area contributed by atoms with Gasteiger partial charge in [-0.05, 0) is 233 Å². The van der Waals surface area contributed by atoms with Crippen LogP contribution in [0.4, 0.5) is 4.39 Å². The van der Waals surface area contributed by atoms with Crippen molar-refractivity contribution in [3.05, 3.63) is 273 Å². The summed E-state index contributed by atoms with van der Waals surface area (Å²) in [4.78, 5) is 37.0. The Labute approximate surface area is 548 Å². The summed E-state index contributed by atoms with van der Waals surface area (Å²) >= 11 is 6.40. The maximum absolute atomic E-state index is 14.1. The molecule has 19 nitrogen and oxygen atoms in total. The largest absolute Gasteiger partial charge is 0.496 e. The molecule has 480 valence electrons. The molecule has 3 aromatic heterocycles. The molecule has 0 aliphatic rings. The van der Waals surface area contributed by atoms with E-state index in [1.165, 1.54) is 53.3 Å². The lowest BCUT2D eigenvalue weighted by molar-refractivity contribution is 0.302. The van der Waals surface area contributed by atoms with E-state index < -0.39 is 0 Å². The van der Waals surface area contributed by atoms with E-state index in [1.54, 1.807) is 52.3 Å². The zero-order chi connectivity index (χ0) is 67.1. The predicted molar refractivity (Wildman–Crippen MR) is 363 cm³/mol. The van der Waals surface area contributed by atoms with Crippen molar-refractivity contribution >= 4 is 11.6 Å². The molecule has 21 heteroatoms. The number of ether oxygens (including phenoxy) is 4. The summed E-state index contributed by atoms with van der Waals surface area (Å²) in [6.45, 7) is 18.7. The van der Waals surface area contributed by atoms with Crippen LogP contribution in [0.15, 0.2) is 178 Å². The molecule has 0 bridgehead atoms. The third-order valence-electron chi connectivity index (χ3n) is 16.3. The maximum atomic E-state index is 14.1. The minimum atomic E-state index is -0.350. The lowest BCUT2D eigenvalue weighted by Gasteiger charge is -2.18. The van der Waals surface area contributed by atoms with Gasteiger partial charge < -0.3 is 18.9 Å². The van der Waals surface area contributed by atoms with Crippen LogP contribution in [-0.4, -0.2) is 66.5 Å². The van der Waals surface area contributed by atoms with Gasteiger partial charge in [0.25, 0.3) is 0 Å². The normalized spacial score (nSPS) is 11.0. The monoisotopic (exact) mass is 1280 g/mol. The molecule has 9 aromatic carbocycles. The Morgan fingerprint density at radius 3 is 1.32 bits per heavy atom. The molecule has 0 N–H and O–H groups in total. The molecular formula is C73H72ClFN12O7. The number of nitrogens with zero attached hydrogens (tertiary/aromatic N) is 12. The van der Waals surface area contributed by atoms with Crippen molar-refractivity contribution in [1.82, 2.24) is 59.4 Å². The topological polar surface area (TPSA) is 195 Å². The summed E-state index contributed by atoms with van der Waals surface area (Å²) < 4.78 is 45.4. The second kappa shape index (κ2) is 28.7. The van der Waals surface area contributed by atoms with Gasteiger partial charge in [0.2, 0.25) is 0 Å². The van der Waals surface area contributed by atoms with Crippen molar-refractivity contribution in [1.29, 1.82) is 0 Å². The number of aryl methyl sites for hydroxylation is 12. The molecule has 0 fully saturated rings. The van der Waals surface area contributed by atoms with Crippen LogP contribution in [0.3, 0.4) is 0 Å². The van der Waals surface area contributed by atoms with Crippen molar-refractivity contribution in [3.8, 4) is 73.4 Å².